The fraction of sp³-hybridized carbons (Fsp3) is 0.130. The van der Waals surface area contributed by atoms with Gasteiger partial charge < -0.3 is 4.74 Å². The molecule has 0 fully saturated rings. The highest BCUT2D eigenvalue weighted by Crippen LogP contribution is 2.11. The summed E-state index contributed by atoms with van der Waals surface area (Å²) in [6, 6.07) is 29.2. The molecule has 24 heavy (non-hydrogen) atoms. The van der Waals surface area contributed by atoms with E-state index >= 15 is 0 Å². The van der Waals surface area contributed by atoms with Gasteiger partial charge in [-0.3, -0.25) is 0 Å². The molecule has 0 unspecified atom stereocenters. The molecule has 0 bridgehead atoms. The maximum absolute atomic E-state index is 5.74. The van der Waals surface area contributed by atoms with Gasteiger partial charge in [0.2, 0.25) is 0 Å². The third-order valence-electron chi connectivity index (χ3n) is 3.89. The molecule has 3 aromatic carbocycles. The SMILES string of the molecule is C(=Cc1ccc(CCOc2ccccc2)cc1)Cc1ccccc1. The molecule has 0 amide bonds. The quantitative estimate of drug-likeness (QED) is 0.554. The van der Waals surface area contributed by atoms with Crippen molar-refractivity contribution in [2.45, 2.75) is 12.8 Å². The Morgan fingerprint density at radius 1 is 0.667 bits per heavy atom. The van der Waals surface area contributed by atoms with Gasteiger partial charge in [-0.15, -0.1) is 0 Å². The second-order valence-electron chi connectivity index (χ2n) is 5.75. The molecular formula is C23H22O. The molecule has 1 nitrogen and oxygen atoms in total. The van der Waals surface area contributed by atoms with Gasteiger partial charge in [0.05, 0.1) is 6.61 Å². The van der Waals surface area contributed by atoms with Crippen LogP contribution in [0.3, 0.4) is 0 Å². The van der Waals surface area contributed by atoms with E-state index in [0.29, 0.717) is 6.61 Å². The lowest BCUT2D eigenvalue weighted by Gasteiger charge is -2.06. The zero-order valence-corrected chi connectivity index (χ0v) is 13.8. The highest BCUT2D eigenvalue weighted by atomic mass is 16.5. The molecule has 0 saturated carbocycles. The van der Waals surface area contributed by atoms with Crippen molar-refractivity contribution in [3.63, 3.8) is 0 Å². The Balaban J connectivity index is 1.46. The van der Waals surface area contributed by atoms with Gasteiger partial charge >= 0.3 is 0 Å². The van der Waals surface area contributed by atoms with E-state index in [1.807, 2.05) is 36.4 Å². The maximum atomic E-state index is 5.74. The van der Waals surface area contributed by atoms with Gasteiger partial charge in [-0.25, -0.2) is 0 Å². The fourth-order valence-electron chi connectivity index (χ4n) is 2.54. The van der Waals surface area contributed by atoms with Crippen LogP contribution in [0.25, 0.3) is 6.08 Å². The topological polar surface area (TPSA) is 9.23 Å². The van der Waals surface area contributed by atoms with Gasteiger partial charge in [-0.2, -0.15) is 0 Å². The lowest BCUT2D eigenvalue weighted by Crippen LogP contribution is -2.01. The van der Waals surface area contributed by atoms with Crippen molar-refractivity contribution in [1.29, 1.82) is 0 Å². The summed E-state index contributed by atoms with van der Waals surface area (Å²) >= 11 is 0. The number of hydrogen-bond acceptors (Lipinski definition) is 1. The molecule has 0 heterocycles. The zero-order chi connectivity index (χ0) is 16.5. The molecule has 0 aromatic heterocycles. The monoisotopic (exact) mass is 314 g/mol. The van der Waals surface area contributed by atoms with Crippen molar-refractivity contribution in [2.24, 2.45) is 0 Å². The van der Waals surface area contributed by atoms with Gasteiger partial charge in [0, 0.05) is 6.42 Å². The normalized spacial score (nSPS) is 10.8. The third kappa shape index (κ3) is 5.13. The predicted molar refractivity (Wildman–Crippen MR) is 101 cm³/mol. The Morgan fingerprint density at radius 3 is 2.04 bits per heavy atom. The molecular weight excluding hydrogens is 292 g/mol. The second kappa shape index (κ2) is 8.73. The zero-order valence-electron chi connectivity index (χ0n) is 13.8. The van der Waals surface area contributed by atoms with E-state index in [-0.39, 0.29) is 0 Å². The van der Waals surface area contributed by atoms with E-state index in [1.165, 1.54) is 16.7 Å². The smallest absolute Gasteiger partial charge is 0.119 e. The Hall–Kier alpha value is -2.80. The minimum Gasteiger partial charge on any atom is -0.493 e. The minimum atomic E-state index is 0.702. The number of allylic oxidation sites excluding steroid dienone is 1. The summed E-state index contributed by atoms with van der Waals surface area (Å²) in [6.45, 7) is 0.702. The summed E-state index contributed by atoms with van der Waals surface area (Å²) in [6.07, 6.45) is 6.27. The van der Waals surface area contributed by atoms with Crippen LogP contribution < -0.4 is 4.74 Å². The first-order valence-electron chi connectivity index (χ1n) is 8.37. The molecule has 0 saturated heterocycles. The van der Waals surface area contributed by atoms with E-state index in [9.17, 15) is 0 Å². The first-order valence-corrected chi connectivity index (χ1v) is 8.37. The highest BCUT2D eigenvalue weighted by Gasteiger charge is 1.96. The minimum absolute atomic E-state index is 0.702. The molecule has 0 radical (unpaired) electrons. The molecule has 0 aliphatic carbocycles. The summed E-state index contributed by atoms with van der Waals surface area (Å²) in [5, 5.41) is 0. The summed E-state index contributed by atoms with van der Waals surface area (Å²) in [5.74, 6) is 0.929. The summed E-state index contributed by atoms with van der Waals surface area (Å²) in [7, 11) is 0. The predicted octanol–water partition coefficient (Wildman–Crippen LogP) is 5.56. The lowest BCUT2D eigenvalue weighted by atomic mass is 10.1. The van der Waals surface area contributed by atoms with Crippen LogP contribution in [0.1, 0.15) is 16.7 Å². The molecule has 3 rings (SSSR count). The Morgan fingerprint density at radius 2 is 1.33 bits per heavy atom. The lowest BCUT2D eigenvalue weighted by molar-refractivity contribution is 0.322. The molecule has 3 aromatic rings. The van der Waals surface area contributed by atoms with Crippen molar-refractivity contribution in [1.82, 2.24) is 0 Å². The van der Waals surface area contributed by atoms with E-state index < -0.39 is 0 Å². The number of rotatable bonds is 7. The average molecular weight is 314 g/mol. The van der Waals surface area contributed by atoms with Crippen LogP contribution in [-0.2, 0) is 12.8 Å². The second-order valence-corrected chi connectivity index (χ2v) is 5.75. The maximum Gasteiger partial charge on any atom is 0.119 e. The largest absolute Gasteiger partial charge is 0.493 e. The van der Waals surface area contributed by atoms with E-state index in [1.54, 1.807) is 0 Å². The van der Waals surface area contributed by atoms with Crippen LogP contribution in [0.2, 0.25) is 0 Å². The van der Waals surface area contributed by atoms with Crippen LogP contribution >= 0.6 is 0 Å². The number of ether oxygens (including phenoxy) is 1. The first kappa shape index (κ1) is 16.1. The van der Waals surface area contributed by atoms with Gasteiger partial charge in [0.1, 0.15) is 5.75 Å². The van der Waals surface area contributed by atoms with Crippen LogP contribution in [0.5, 0.6) is 5.75 Å². The number of benzene rings is 3. The van der Waals surface area contributed by atoms with Crippen molar-refractivity contribution in [2.75, 3.05) is 6.61 Å². The average Bonchev–Trinajstić information content (AvgIpc) is 2.65. The molecule has 1 heteroatoms. The van der Waals surface area contributed by atoms with E-state index in [4.69, 9.17) is 4.74 Å². The van der Waals surface area contributed by atoms with Crippen molar-refractivity contribution >= 4 is 6.08 Å². The van der Waals surface area contributed by atoms with Crippen molar-refractivity contribution in [3.05, 3.63) is 108 Å². The molecule has 0 spiro atoms. The highest BCUT2D eigenvalue weighted by molar-refractivity contribution is 5.50. The summed E-state index contributed by atoms with van der Waals surface area (Å²) in [5.41, 5.74) is 3.87. The Labute approximate surface area is 144 Å². The Bertz CT molecular complexity index is 743. The van der Waals surface area contributed by atoms with E-state index in [2.05, 4.69) is 60.7 Å². The van der Waals surface area contributed by atoms with Crippen molar-refractivity contribution in [3.8, 4) is 5.75 Å². The Kier molecular flexibility index (Phi) is 5.85. The number of hydrogen-bond donors (Lipinski definition) is 0. The molecule has 0 aliphatic rings. The first-order chi connectivity index (χ1) is 11.9. The van der Waals surface area contributed by atoms with E-state index in [0.717, 1.165) is 18.6 Å². The fourth-order valence-corrected chi connectivity index (χ4v) is 2.54. The third-order valence-corrected chi connectivity index (χ3v) is 3.89. The standard InChI is InChI=1S/C23H22O/c1-3-8-20(9-4-1)10-7-11-21-14-16-22(17-15-21)18-19-24-23-12-5-2-6-13-23/h1-9,11-17H,10,18-19H2. The van der Waals surface area contributed by atoms with Crippen LogP contribution in [0, 0.1) is 0 Å². The molecule has 0 N–H and O–H groups in total. The summed E-state index contributed by atoms with van der Waals surface area (Å²) < 4.78 is 5.74. The van der Waals surface area contributed by atoms with Gasteiger partial charge in [-0.1, -0.05) is 84.9 Å². The van der Waals surface area contributed by atoms with Gasteiger partial charge in [0.25, 0.3) is 0 Å². The number of para-hydroxylation sites is 1. The van der Waals surface area contributed by atoms with Gasteiger partial charge in [0.15, 0.2) is 0 Å². The molecule has 120 valence electrons. The summed E-state index contributed by atoms with van der Waals surface area (Å²) in [4.78, 5) is 0. The van der Waals surface area contributed by atoms with Gasteiger partial charge in [-0.05, 0) is 35.2 Å². The van der Waals surface area contributed by atoms with Crippen LogP contribution in [0.4, 0.5) is 0 Å². The van der Waals surface area contributed by atoms with Crippen LogP contribution in [-0.4, -0.2) is 6.61 Å². The van der Waals surface area contributed by atoms with Crippen molar-refractivity contribution < 1.29 is 4.74 Å². The van der Waals surface area contributed by atoms with Crippen LogP contribution in [0.15, 0.2) is 91.0 Å². The molecule has 0 atom stereocenters. The molecule has 0 aliphatic heterocycles.